The SMILES string of the molecule is CC(=O)C[C@@H](C)c1ccc(OC2CN(c3ccc(OC4CC4)cc3C)C2)cc1. The monoisotopic (exact) mass is 379 g/mol. The molecule has 1 heterocycles. The van der Waals surface area contributed by atoms with E-state index in [9.17, 15) is 4.79 Å². The second kappa shape index (κ2) is 7.86. The molecule has 0 N–H and O–H groups in total. The Morgan fingerprint density at radius 1 is 1.04 bits per heavy atom. The number of ether oxygens (including phenoxy) is 2. The van der Waals surface area contributed by atoms with Crippen LogP contribution < -0.4 is 14.4 Å². The van der Waals surface area contributed by atoms with E-state index in [1.54, 1.807) is 6.92 Å². The van der Waals surface area contributed by atoms with Crippen molar-refractivity contribution in [2.45, 2.75) is 58.2 Å². The van der Waals surface area contributed by atoms with Crippen molar-refractivity contribution in [2.24, 2.45) is 0 Å². The van der Waals surface area contributed by atoms with Gasteiger partial charge in [0.25, 0.3) is 0 Å². The fourth-order valence-electron chi connectivity index (χ4n) is 3.76. The molecule has 0 bridgehead atoms. The summed E-state index contributed by atoms with van der Waals surface area (Å²) in [5, 5.41) is 0. The first-order valence-electron chi connectivity index (χ1n) is 10.3. The second-order valence-corrected chi connectivity index (χ2v) is 8.29. The smallest absolute Gasteiger partial charge is 0.133 e. The predicted molar refractivity (Wildman–Crippen MR) is 112 cm³/mol. The summed E-state index contributed by atoms with van der Waals surface area (Å²) < 4.78 is 12.0. The third-order valence-electron chi connectivity index (χ3n) is 5.53. The number of carbonyl (C=O) groups excluding carboxylic acids is 1. The van der Waals surface area contributed by atoms with E-state index < -0.39 is 0 Å². The van der Waals surface area contributed by atoms with Crippen LogP contribution in [0, 0.1) is 6.92 Å². The zero-order valence-electron chi connectivity index (χ0n) is 17.0. The van der Waals surface area contributed by atoms with E-state index in [1.807, 2.05) is 12.1 Å². The van der Waals surface area contributed by atoms with Crippen LogP contribution in [-0.4, -0.2) is 31.1 Å². The van der Waals surface area contributed by atoms with E-state index in [2.05, 4.69) is 49.1 Å². The summed E-state index contributed by atoms with van der Waals surface area (Å²) in [5.74, 6) is 2.36. The molecular weight excluding hydrogens is 350 g/mol. The Morgan fingerprint density at radius 2 is 1.68 bits per heavy atom. The first-order valence-corrected chi connectivity index (χ1v) is 10.3. The molecule has 2 fully saturated rings. The minimum absolute atomic E-state index is 0.210. The van der Waals surface area contributed by atoms with E-state index >= 15 is 0 Å². The molecule has 1 aliphatic carbocycles. The summed E-state index contributed by atoms with van der Waals surface area (Å²) >= 11 is 0. The number of carbonyl (C=O) groups is 1. The van der Waals surface area contributed by atoms with Crippen LogP contribution in [0.1, 0.15) is 50.2 Å². The van der Waals surface area contributed by atoms with Crippen LogP contribution in [0.15, 0.2) is 42.5 Å². The van der Waals surface area contributed by atoms with Crippen LogP contribution in [0.3, 0.4) is 0 Å². The van der Waals surface area contributed by atoms with Crippen molar-refractivity contribution in [3.63, 3.8) is 0 Å². The molecule has 1 saturated carbocycles. The second-order valence-electron chi connectivity index (χ2n) is 8.29. The summed E-state index contributed by atoms with van der Waals surface area (Å²) in [6.07, 6.45) is 3.60. The topological polar surface area (TPSA) is 38.8 Å². The summed E-state index contributed by atoms with van der Waals surface area (Å²) in [5.41, 5.74) is 3.69. The molecule has 0 spiro atoms. The highest BCUT2D eigenvalue weighted by Gasteiger charge is 2.30. The minimum Gasteiger partial charge on any atom is -0.490 e. The van der Waals surface area contributed by atoms with Crippen molar-refractivity contribution in [2.75, 3.05) is 18.0 Å². The number of aryl methyl sites for hydroxylation is 1. The lowest BCUT2D eigenvalue weighted by Crippen LogP contribution is -2.54. The molecule has 1 atom stereocenters. The van der Waals surface area contributed by atoms with Gasteiger partial charge < -0.3 is 19.2 Å². The maximum absolute atomic E-state index is 11.3. The summed E-state index contributed by atoms with van der Waals surface area (Å²) in [4.78, 5) is 13.6. The lowest BCUT2D eigenvalue weighted by atomic mass is 9.96. The van der Waals surface area contributed by atoms with E-state index in [4.69, 9.17) is 9.47 Å². The standard InChI is InChI=1S/C24H29NO3/c1-16(12-18(3)26)19-4-6-20(7-5-19)28-23-14-25(15-23)24-11-10-22(13-17(24)2)27-21-8-9-21/h4-7,10-11,13,16,21,23H,8-9,12,14-15H2,1-3H3/t16-/m1/s1. The van der Waals surface area contributed by atoms with Gasteiger partial charge in [0.15, 0.2) is 0 Å². The molecule has 28 heavy (non-hydrogen) atoms. The van der Waals surface area contributed by atoms with Gasteiger partial charge in [-0.3, -0.25) is 0 Å². The molecular formula is C24H29NO3. The Balaban J connectivity index is 1.29. The van der Waals surface area contributed by atoms with Crippen LogP contribution in [-0.2, 0) is 4.79 Å². The van der Waals surface area contributed by atoms with E-state index in [-0.39, 0.29) is 17.8 Å². The molecule has 2 aromatic rings. The van der Waals surface area contributed by atoms with Gasteiger partial charge in [0.2, 0.25) is 0 Å². The van der Waals surface area contributed by atoms with Crippen molar-refractivity contribution in [1.82, 2.24) is 0 Å². The number of benzene rings is 2. The largest absolute Gasteiger partial charge is 0.490 e. The average Bonchev–Trinajstić information content (AvgIpc) is 3.42. The van der Waals surface area contributed by atoms with Crippen molar-refractivity contribution in [3.8, 4) is 11.5 Å². The van der Waals surface area contributed by atoms with Crippen molar-refractivity contribution < 1.29 is 14.3 Å². The predicted octanol–water partition coefficient (Wildman–Crippen LogP) is 4.89. The van der Waals surface area contributed by atoms with Crippen LogP contribution in [0.4, 0.5) is 5.69 Å². The maximum atomic E-state index is 11.3. The molecule has 2 aromatic carbocycles. The first kappa shape index (κ1) is 18.9. The summed E-state index contributed by atoms with van der Waals surface area (Å²) in [7, 11) is 0. The van der Waals surface area contributed by atoms with Gasteiger partial charge in [0.05, 0.1) is 19.2 Å². The lowest BCUT2D eigenvalue weighted by Gasteiger charge is -2.41. The molecule has 1 aliphatic heterocycles. The zero-order valence-corrected chi connectivity index (χ0v) is 17.0. The van der Waals surface area contributed by atoms with Crippen LogP contribution in [0.2, 0.25) is 0 Å². The number of anilines is 1. The van der Waals surface area contributed by atoms with Gasteiger partial charge in [-0.2, -0.15) is 0 Å². The van der Waals surface area contributed by atoms with Gasteiger partial charge in [-0.05, 0) is 74.1 Å². The Kier molecular flexibility index (Phi) is 5.29. The zero-order chi connectivity index (χ0) is 19.7. The molecule has 2 aliphatic rings. The van der Waals surface area contributed by atoms with Crippen LogP contribution >= 0.6 is 0 Å². The Hall–Kier alpha value is -2.49. The summed E-state index contributed by atoms with van der Waals surface area (Å²) in [6.45, 7) is 7.67. The summed E-state index contributed by atoms with van der Waals surface area (Å²) in [6, 6.07) is 14.6. The molecule has 0 aromatic heterocycles. The van der Waals surface area contributed by atoms with Crippen LogP contribution in [0.5, 0.6) is 11.5 Å². The molecule has 0 radical (unpaired) electrons. The molecule has 148 valence electrons. The van der Waals surface area contributed by atoms with Crippen LogP contribution in [0.25, 0.3) is 0 Å². The molecule has 0 amide bonds. The number of rotatable bonds is 8. The molecule has 4 heteroatoms. The molecule has 4 rings (SSSR count). The Morgan fingerprint density at radius 3 is 2.29 bits per heavy atom. The Bertz CT molecular complexity index is 835. The van der Waals surface area contributed by atoms with Gasteiger partial charge in [-0.25, -0.2) is 0 Å². The van der Waals surface area contributed by atoms with Crippen molar-refractivity contribution in [3.05, 3.63) is 53.6 Å². The van der Waals surface area contributed by atoms with E-state index in [1.165, 1.54) is 29.7 Å². The highest BCUT2D eigenvalue weighted by molar-refractivity contribution is 5.76. The van der Waals surface area contributed by atoms with Gasteiger partial charge >= 0.3 is 0 Å². The third kappa shape index (κ3) is 4.49. The van der Waals surface area contributed by atoms with Gasteiger partial charge in [-0.1, -0.05) is 19.1 Å². The van der Waals surface area contributed by atoms with E-state index in [0.29, 0.717) is 12.5 Å². The highest BCUT2D eigenvalue weighted by atomic mass is 16.5. The highest BCUT2D eigenvalue weighted by Crippen LogP contribution is 2.33. The normalized spacial score (nSPS) is 17.8. The average molecular weight is 380 g/mol. The number of hydrogen-bond acceptors (Lipinski definition) is 4. The molecule has 0 unspecified atom stereocenters. The van der Waals surface area contributed by atoms with E-state index in [0.717, 1.165) is 24.6 Å². The number of nitrogens with zero attached hydrogens (tertiary/aromatic N) is 1. The number of hydrogen-bond donors (Lipinski definition) is 0. The lowest BCUT2D eigenvalue weighted by molar-refractivity contribution is -0.117. The van der Waals surface area contributed by atoms with Crippen molar-refractivity contribution in [1.29, 1.82) is 0 Å². The number of ketones is 1. The molecule has 4 nitrogen and oxygen atoms in total. The fourth-order valence-corrected chi connectivity index (χ4v) is 3.76. The Labute approximate surface area is 167 Å². The quantitative estimate of drug-likeness (QED) is 0.655. The van der Waals surface area contributed by atoms with Gasteiger partial charge in [0.1, 0.15) is 23.4 Å². The third-order valence-corrected chi connectivity index (χ3v) is 5.53. The van der Waals surface area contributed by atoms with Crippen molar-refractivity contribution >= 4 is 11.5 Å². The van der Waals surface area contributed by atoms with Gasteiger partial charge in [-0.15, -0.1) is 0 Å². The fraction of sp³-hybridized carbons (Fsp3) is 0.458. The minimum atomic E-state index is 0.210. The first-order chi connectivity index (χ1) is 13.5. The van der Waals surface area contributed by atoms with Gasteiger partial charge in [0, 0.05) is 12.1 Å². The molecule has 1 saturated heterocycles. The number of Topliss-reactive ketones (excluding diaryl/α,β-unsaturated/α-hetero) is 1. The maximum Gasteiger partial charge on any atom is 0.133 e.